The SMILES string of the molecule is O=c1[nH]c2cccc(OC[C@@H](O)CNC3CCN(S(=O)(=O)c4ccc(Cc5sc(=O)[nH]c5O)cc4)CC3)c2[nH]1. The second-order valence-electron chi connectivity index (χ2n) is 9.42. The van der Waals surface area contributed by atoms with Gasteiger partial charge in [0.2, 0.25) is 15.9 Å². The first-order valence-electron chi connectivity index (χ1n) is 12.4. The van der Waals surface area contributed by atoms with Crippen LogP contribution in [0.1, 0.15) is 23.3 Å². The quantitative estimate of drug-likeness (QED) is 0.162. The third-order valence-electron chi connectivity index (χ3n) is 6.67. The number of rotatable bonds is 10. The lowest BCUT2D eigenvalue weighted by Gasteiger charge is -2.32. The highest BCUT2D eigenvalue weighted by Crippen LogP contribution is 2.24. The Morgan fingerprint density at radius 1 is 1.08 bits per heavy atom. The van der Waals surface area contributed by atoms with Crippen molar-refractivity contribution in [2.75, 3.05) is 26.2 Å². The number of benzene rings is 2. The number of aromatic nitrogens is 3. The van der Waals surface area contributed by atoms with Crippen molar-refractivity contribution >= 4 is 32.4 Å². The molecule has 2 aromatic heterocycles. The summed E-state index contributed by atoms with van der Waals surface area (Å²) >= 11 is 0.921. The Labute approximate surface area is 227 Å². The number of aromatic hydroxyl groups is 1. The Balaban J connectivity index is 1.09. The van der Waals surface area contributed by atoms with Gasteiger partial charge in [0.05, 0.1) is 15.3 Å². The molecule has 1 fully saturated rings. The fourth-order valence-corrected chi connectivity index (χ4v) is 6.81. The fourth-order valence-electron chi connectivity index (χ4n) is 4.59. The number of aliphatic hydroxyl groups is 1. The molecule has 1 aliphatic rings. The van der Waals surface area contributed by atoms with Gasteiger partial charge in [-0.05, 0) is 42.7 Å². The first kappa shape index (κ1) is 27.1. The van der Waals surface area contributed by atoms with E-state index in [9.17, 15) is 28.2 Å². The molecule has 3 heterocycles. The van der Waals surface area contributed by atoms with Gasteiger partial charge in [0.15, 0.2) is 0 Å². The molecular formula is C25H29N5O7S2. The van der Waals surface area contributed by atoms with Crippen LogP contribution >= 0.6 is 11.3 Å². The standard InChI is InChI=1S/C25H29N5O7S2/c31-17(14-37-20-3-1-2-19-22(20)28-24(33)27-19)13-26-16-8-10-30(11-9-16)39(35,36)18-6-4-15(5-7-18)12-21-23(32)29-25(34)38-21/h1-7,16-17,26,31-32H,8-14H2,(H,29,34)(H2,27,28,33)/t17-/m0/s1. The molecule has 0 spiro atoms. The molecule has 1 aliphatic heterocycles. The van der Waals surface area contributed by atoms with Crippen LogP contribution in [0, 0.1) is 0 Å². The van der Waals surface area contributed by atoms with Crippen molar-refractivity contribution in [3.8, 4) is 11.6 Å². The van der Waals surface area contributed by atoms with Gasteiger partial charge in [-0.25, -0.2) is 13.2 Å². The number of hydrogen-bond acceptors (Lipinski definition) is 9. The number of aliphatic hydroxyl groups excluding tert-OH is 1. The zero-order valence-corrected chi connectivity index (χ0v) is 22.5. The van der Waals surface area contributed by atoms with Crippen LogP contribution < -0.4 is 20.6 Å². The van der Waals surface area contributed by atoms with Gasteiger partial charge in [-0.15, -0.1) is 0 Å². The molecule has 0 radical (unpaired) electrons. The van der Waals surface area contributed by atoms with Crippen LogP contribution in [0.4, 0.5) is 0 Å². The summed E-state index contributed by atoms with van der Waals surface area (Å²) in [5, 5.41) is 23.4. The molecule has 1 atom stereocenters. The van der Waals surface area contributed by atoms with E-state index in [1.54, 1.807) is 42.5 Å². The summed E-state index contributed by atoms with van der Waals surface area (Å²) in [5.74, 6) is 0.307. The molecule has 2 aromatic carbocycles. The molecule has 14 heteroatoms. The number of aromatic amines is 3. The summed E-state index contributed by atoms with van der Waals surface area (Å²) in [6, 6.07) is 11.7. The van der Waals surface area contributed by atoms with Crippen LogP contribution in [0.25, 0.3) is 11.0 Å². The number of H-pyrrole nitrogens is 3. The van der Waals surface area contributed by atoms with Gasteiger partial charge in [0.1, 0.15) is 24.0 Å². The number of ether oxygens (including phenoxy) is 1. The second kappa shape index (κ2) is 11.4. The number of hydrogen-bond donors (Lipinski definition) is 6. The van der Waals surface area contributed by atoms with Crippen molar-refractivity contribution in [2.24, 2.45) is 0 Å². The van der Waals surface area contributed by atoms with Crippen molar-refractivity contribution in [3.05, 3.63) is 73.1 Å². The summed E-state index contributed by atoms with van der Waals surface area (Å²) < 4.78 is 33.4. The minimum Gasteiger partial charge on any atom is -0.494 e. The summed E-state index contributed by atoms with van der Waals surface area (Å²) in [6.07, 6.45) is 0.728. The zero-order valence-electron chi connectivity index (χ0n) is 20.8. The topological polar surface area (TPSA) is 181 Å². The molecule has 208 valence electrons. The van der Waals surface area contributed by atoms with Gasteiger partial charge >= 0.3 is 10.6 Å². The first-order valence-corrected chi connectivity index (χ1v) is 14.7. The minimum atomic E-state index is -3.66. The van der Waals surface area contributed by atoms with Gasteiger partial charge in [-0.1, -0.05) is 29.5 Å². The van der Waals surface area contributed by atoms with E-state index in [1.807, 2.05) is 0 Å². The molecule has 4 aromatic rings. The molecule has 12 nitrogen and oxygen atoms in total. The van der Waals surface area contributed by atoms with E-state index in [0.29, 0.717) is 54.0 Å². The second-order valence-corrected chi connectivity index (χ2v) is 12.4. The number of sulfonamides is 1. The van der Waals surface area contributed by atoms with E-state index in [-0.39, 0.29) is 40.5 Å². The van der Waals surface area contributed by atoms with Crippen LogP contribution in [0.3, 0.4) is 0 Å². The fraction of sp³-hybridized carbons (Fsp3) is 0.360. The van der Waals surface area contributed by atoms with Crippen molar-refractivity contribution in [1.82, 2.24) is 24.6 Å². The van der Waals surface area contributed by atoms with Crippen LogP contribution in [0.2, 0.25) is 0 Å². The van der Waals surface area contributed by atoms with Crippen molar-refractivity contribution in [1.29, 1.82) is 0 Å². The van der Waals surface area contributed by atoms with Gasteiger partial charge < -0.3 is 30.2 Å². The van der Waals surface area contributed by atoms with Crippen LogP contribution in [0.5, 0.6) is 11.6 Å². The van der Waals surface area contributed by atoms with Crippen molar-refractivity contribution < 1.29 is 23.4 Å². The van der Waals surface area contributed by atoms with Gasteiger partial charge in [0, 0.05) is 32.1 Å². The first-order chi connectivity index (χ1) is 18.7. The van der Waals surface area contributed by atoms with E-state index in [1.165, 1.54) is 4.31 Å². The Kier molecular flexibility index (Phi) is 7.91. The monoisotopic (exact) mass is 575 g/mol. The molecule has 0 unspecified atom stereocenters. The van der Waals surface area contributed by atoms with Crippen molar-refractivity contribution in [3.63, 3.8) is 0 Å². The van der Waals surface area contributed by atoms with E-state index in [0.717, 1.165) is 16.9 Å². The number of nitrogens with one attached hydrogen (secondary N) is 4. The lowest BCUT2D eigenvalue weighted by molar-refractivity contribution is 0.101. The van der Waals surface area contributed by atoms with E-state index >= 15 is 0 Å². The van der Waals surface area contributed by atoms with Gasteiger partial charge in [-0.2, -0.15) is 4.31 Å². The lowest BCUT2D eigenvalue weighted by Crippen LogP contribution is -2.47. The average Bonchev–Trinajstić information content (AvgIpc) is 3.46. The summed E-state index contributed by atoms with van der Waals surface area (Å²) in [7, 11) is -3.66. The molecule has 0 bridgehead atoms. The Morgan fingerprint density at radius 3 is 2.51 bits per heavy atom. The van der Waals surface area contributed by atoms with E-state index < -0.39 is 16.1 Å². The number of imidazole rings is 1. The maximum Gasteiger partial charge on any atom is 0.323 e. The Hall–Kier alpha value is -3.43. The highest BCUT2D eigenvalue weighted by Gasteiger charge is 2.29. The number of nitrogens with zero attached hydrogens (tertiary/aromatic N) is 1. The molecule has 6 N–H and O–H groups in total. The number of thiazole rings is 1. The van der Waals surface area contributed by atoms with Gasteiger partial charge in [0.25, 0.3) is 0 Å². The average molecular weight is 576 g/mol. The summed E-state index contributed by atoms with van der Waals surface area (Å²) in [4.78, 5) is 30.9. The predicted molar refractivity (Wildman–Crippen MR) is 146 cm³/mol. The number of fused-ring (bicyclic) bond motifs is 1. The summed E-state index contributed by atoms with van der Waals surface area (Å²) in [5.41, 5.74) is 1.62. The molecule has 39 heavy (non-hydrogen) atoms. The maximum absolute atomic E-state index is 13.1. The molecule has 0 aliphatic carbocycles. The zero-order chi connectivity index (χ0) is 27.6. The smallest absolute Gasteiger partial charge is 0.323 e. The predicted octanol–water partition coefficient (Wildman–Crippen LogP) is 1.08. The Bertz CT molecular complexity index is 1650. The highest BCUT2D eigenvalue weighted by molar-refractivity contribution is 7.89. The summed E-state index contributed by atoms with van der Waals surface area (Å²) in [6.45, 7) is 1.01. The van der Waals surface area contributed by atoms with Crippen molar-refractivity contribution in [2.45, 2.75) is 36.3 Å². The molecule has 0 amide bonds. The third-order valence-corrected chi connectivity index (χ3v) is 9.45. The minimum absolute atomic E-state index is 0.0327. The van der Waals surface area contributed by atoms with Crippen LogP contribution in [-0.4, -0.2) is 76.3 Å². The molecular weight excluding hydrogens is 546 g/mol. The van der Waals surface area contributed by atoms with E-state index in [2.05, 4.69) is 20.3 Å². The molecule has 5 rings (SSSR count). The van der Waals surface area contributed by atoms with Crippen LogP contribution in [0.15, 0.2) is 56.9 Å². The normalized spacial score (nSPS) is 16.0. The highest BCUT2D eigenvalue weighted by atomic mass is 32.2. The maximum atomic E-state index is 13.1. The number of piperidine rings is 1. The Morgan fingerprint density at radius 2 is 1.82 bits per heavy atom. The largest absolute Gasteiger partial charge is 0.494 e. The molecule has 0 saturated carbocycles. The van der Waals surface area contributed by atoms with E-state index in [4.69, 9.17) is 4.74 Å². The molecule has 1 saturated heterocycles. The van der Waals surface area contributed by atoms with Gasteiger partial charge in [-0.3, -0.25) is 9.78 Å². The lowest BCUT2D eigenvalue weighted by atomic mass is 10.1. The number of para-hydroxylation sites is 1. The van der Waals surface area contributed by atoms with Crippen LogP contribution in [-0.2, 0) is 16.4 Å². The third kappa shape index (κ3) is 6.25.